The van der Waals surface area contributed by atoms with Gasteiger partial charge in [-0.05, 0) is 51.0 Å². The molecule has 2 amide bonds. The van der Waals surface area contributed by atoms with Gasteiger partial charge in [-0.2, -0.15) is 4.31 Å². The molecule has 4 rings (SSSR count). The van der Waals surface area contributed by atoms with Gasteiger partial charge < -0.3 is 15.0 Å². The first kappa shape index (κ1) is 24.4. The highest BCUT2D eigenvalue weighted by molar-refractivity contribution is 7.89. The SMILES string of the molecule is Cc1ccc(NC(=O)C(=O)N2CCC3(CC2)OCCN3S(=O)(=O)c2c(C)cc(C)cc2C)cc1. The fourth-order valence-corrected chi connectivity index (χ4v) is 7.18. The summed E-state index contributed by atoms with van der Waals surface area (Å²) in [4.78, 5) is 27.0. The number of hydrogen-bond acceptors (Lipinski definition) is 5. The normalized spacial score (nSPS) is 18.3. The molecule has 2 aromatic carbocycles. The van der Waals surface area contributed by atoms with Crippen LogP contribution in [0, 0.1) is 27.7 Å². The molecule has 2 aromatic rings. The third-order valence-corrected chi connectivity index (χ3v) is 8.86. The predicted octanol–water partition coefficient (Wildman–Crippen LogP) is 2.90. The quantitative estimate of drug-likeness (QED) is 0.675. The number of rotatable bonds is 3. The molecule has 0 bridgehead atoms. The Bertz CT molecular complexity index is 1190. The second kappa shape index (κ2) is 9.13. The van der Waals surface area contributed by atoms with Crippen LogP contribution in [-0.4, -0.2) is 61.4 Å². The fourth-order valence-electron chi connectivity index (χ4n) is 5.04. The number of aryl methyl sites for hydroxylation is 4. The van der Waals surface area contributed by atoms with Gasteiger partial charge in [0, 0.05) is 38.2 Å². The van der Waals surface area contributed by atoms with E-state index in [1.807, 2.05) is 52.0 Å². The van der Waals surface area contributed by atoms with Crippen molar-refractivity contribution in [1.82, 2.24) is 9.21 Å². The monoisotopic (exact) mass is 485 g/mol. The van der Waals surface area contributed by atoms with Gasteiger partial charge in [0.2, 0.25) is 10.0 Å². The Morgan fingerprint density at radius 1 is 0.912 bits per heavy atom. The summed E-state index contributed by atoms with van der Waals surface area (Å²) in [7, 11) is -3.80. The Labute approximate surface area is 200 Å². The number of amides is 2. The molecular weight excluding hydrogens is 454 g/mol. The minimum atomic E-state index is -3.80. The lowest BCUT2D eigenvalue weighted by atomic mass is 10.0. The van der Waals surface area contributed by atoms with Crippen molar-refractivity contribution in [2.75, 3.05) is 31.6 Å². The second-order valence-electron chi connectivity index (χ2n) is 9.21. The van der Waals surface area contributed by atoms with Gasteiger partial charge in [0.15, 0.2) is 0 Å². The van der Waals surface area contributed by atoms with Crippen molar-refractivity contribution >= 4 is 27.5 Å². The van der Waals surface area contributed by atoms with Crippen LogP contribution in [0.4, 0.5) is 5.69 Å². The van der Waals surface area contributed by atoms with Gasteiger partial charge in [-0.1, -0.05) is 35.4 Å². The van der Waals surface area contributed by atoms with Crippen molar-refractivity contribution in [3.05, 3.63) is 58.7 Å². The number of hydrogen-bond donors (Lipinski definition) is 1. The summed E-state index contributed by atoms with van der Waals surface area (Å²) in [5.74, 6) is -1.34. The summed E-state index contributed by atoms with van der Waals surface area (Å²) in [6.07, 6.45) is 0.611. The first-order valence-corrected chi connectivity index (χ1v) is 12.9. The van der Waals surface area contributed by atoms with Gasteiger partial charge in [0.1, 0.15) is 5.72 Å². The third kappa shape index (κ3) is 4.47. The van der Waals surface area contributed by atoms with Gasteiger partial charge in [0.05, 0.1) is 11.5 Å². The molecule has 34 heavy (non-hydrogen) atoms. The van der Waals surface area contributed by atoms with Crippen molar-refractivity contribution in [1.29, 1.82) is 0 Å². The number of carbonyl (C=O) groups excluding carboxylic acids is 2. The van der Waals surface area contributed by atoms with Crippen LogP contribution in [0.5, 0.6) is 0 Å². The molecule has 2 aliphatic rings. The van der Waals surface area contributed by atoms with Gasteiger partial charge in [-0.3, -0.25) is 9.59 Å². The molecule has 2 saturated heterocycles. The van der Waals surface area contributed by atoms with Crippen molar-refractivity contribution < 1.29 is 22.7 Å². The van der Waals surface area contributed by atoms with Crippen molar-refractivity contribution in [2.24, 2.45) is 0 Å². The second-order valence-corrected chi connectivity index (χ2v) is 11.0. The molecule has 2 heterocycles. The molecule has 0 unspecified atom stereocenters. The third-order valence-electron chi connectivity index (χ3n) is 6.61. The minimum Gasteiger partial charge on any atom is -0.358 e. The Morgan fingerprint density at radius 3 is 2.09 bits per heavy atom. The Hall–Kier alpha value is -2.75. The van der Waals surface area contributed by atoms with Crippen molar-refractivity contribution in [3.63, 3.8) is 0 Å². The van der Waals surface area contributed by atoms with Crippen LogP contribution < -0.4 is 5.32 Å². The van der Waals surface area contributed by atoms with Gasteiger partial charge in [-0.15, -0.1) is 0 Å². The van der Waals surface area contributed by atoms with Crippen molar-refractivity contribution in [2.45, 2.75) is 51.2 Å². The van der Waals surface area contributed by atoms with Crippen LogP contribution in [0.2, 0.25) is 0 Å². The highest BCUT2D eigenvalue weighted by Crippen LogP contribution is 2.39. The van der Waals surface area contributed by atoms with Crippen LogP contribution in [0.25, 0.3) is 0 Å². The lowest BCUT2D eigenvalue weighted by Gasteiger charge is -2.42. The summed E-state index contributed by atoms with van der Waals surface area (Å²) in [6, 6.07) is 10.9. The molecule has 2 fully saturated rings. The zero-order chi connectivity index (χ0) is 24.7. The molecule has 1 spiro atoms. The molecule has 8 nitrogen and oxygen atoms in total. The largest absolute Gasteiger partial charge is 0.358 e. The topological polar surface area (TPSA) is 96.0 Å². The number of sulfonamides is 1. The number of carbonyl (C=O) groups is 2. The lowest BCUT2D eigenvalue weighted by molar-refractivity contribution is -0.148. The zero-order valence-electron chi connectivity index (χ0n) is 20.1. The molecule has 0 saturated carbocycles. The predicted molar refractivity (Wildman–Crippen MR) is 129 cm³/mol. The maximum absolute atomic E-state index is 13.7. The number of anilines is 1. The summed E-state index contributed by atoms with van der Waals surface area (Å²) in [5, 5.41) is 2.63. The number of piperidine rings is 1. The lowest BCUT2D eigenvalue weighted by Crippen LogP contribution is -2.56. The Kier molecular flexibility index (Phi) is 6.54. The maximum atomic E-state index is 13.7. The van der Waals surface area contributed by atoms with Crippen LogP contribution in [0.1, 0.15) is 35.1 Å². The van der Waals surface area contributed by atoms with E-state index < -0.39 is 27.6 Å². The van der Waals surface area contributed by atoms with E-state index in [1.165, 1.54) is 9.21 Å². The highest BCUT2D eigenvalue weighted by Gasteiger charge is 2.51. The molecule has 0 radical (unpaired) electrons. The van der Waals surface area contributed by atoms with Crippen LogP contribution in [-0.2, 0) is 24.3 Å². The molecule has 0 aromatic heterocycles. The van der Waals surface area contributed by atoms with Crippen molar-refractivity contribution in [3.8, 4) is 0 Å². The number of nitrogens with zero attached hydrogens (tertiary/aromatic N) is 2. The molecule has 1 N–H and O–H groups in total. The summed E-state index contributed by atoms with van der Waals surface area (Å²) >= 11 is 0. The average molecular weight is 486 g/mol. The smallest absolute Gasteiger partial charge is 0.313 e. The van der Waals surface area contributed by atoms with E-state index in [2.05, 4.69) is 5.32 Å². The Balaban J connectivity index is 1.48. The molecule has 182 valence electrons. The van der Waals surface area contributed by atoms with Gasteiger partial charge in [0.25, 0.3) is 0 Å². The number of likely N-dealkylation sites (tertiary alicyclic amines) is 1. The Morgan fingerprint density at radius 2 is 1.50 bits per heavy atom. The maximum Gasteiger partial charge on any atom is 0.313 e. The first-order valence-electron chi connectivity index (χ1n) is 11.5. The van der Waals surface area contributed by atoms with E-state index >= 15 is 0 Å². The van der Waals surface area contributed by atoms with Crippen LogP contribution in [0.15, 0.2) is 41.3 Å². The van der Waals surface area contributed by atoms with E-state index in [-0.39, 0.29) is 19.6 Å². The minimum absolute atomic E-state index is 0.234. The highest BCUT2D eigenvalue weighted by atomic mass is 32.2. The molecule has 0 atom stereocenters. The number of nitrogens with one attached hydrogen (secondary N) is 1. The number of ether oxygens (including phenoxy) is 1. The molecule has 9 heteroatoms. The van der Waals surface area contributed by atoms with E-state index in [0.29, 0.717) is 41.2 Å². The summed E-state index contributed by atoms with van der Waals surface area (Å²) < 4.78 is 34.9. The zero-order valence-corrected chi connectivity index (χ0v) is 20.9. The average Bonchev–Trinajstić information content (AvgIpc) is 3.18. The van der Waals surface area contributed by atoms with Crippen LogP contribution >= 0.6 is 0 Å². The van der Waals surface area contributed by atoms with E-state index in [4.69, 9.17) is 4.74 Å². The van der Waals surface area contributed by atoms with Crippen LogP contribution in [0.3, 0.4) is 0 Å². The van der Waals surface area contributed by atoms with Gasteiger partial charge >= 0.3 is 11.8 Å². The number of benzene rings is 2. The van der Waals surface area contributed by atoms with E-state index in [9.17, 15) is 18.0 Å². The first-order chi connectivity index (χ1) is 16.0. The molecular formula is C25H31N3O5S. The standard InChI is InChI=1S/C25H31N3O5S/c1-17-5-7-21(8-6-17)26-23(29)24(30)27-11-9-25(10-12-27)28(13-14-33-25)34(31,32)22-19(3)15-18(2)16-20(22)4/h5-8,15-16H,9-14H2,1-4H3,(H,26,29). The summed E-state index contributed by atoms with van der Waals surface area (Å²) in [6.45, 7) is 8.53. The molecule has 2 aliphatic heterocycles. The molecule has 0 aliphatic carbocycles. The van der Waals surface area contributed by atoms with E-state index in [1.54, 1.807) is 12.1 Å². The van der Waals surface area contributed by atoms with Gasteiger partial charge in [-0.25, -0.2) is 8.42 Å². The van der Waals surface area contributed by atoms with E-state index in [0.717, 1.165) is 11.1 Å². The summed E-state index contributed by atoms with van der Waals surface area (Å²) in [5.41, 5.74) is 3.03. The fraction of sp³-hybridized carbons (Fsp3) is 0.440.